The fourth-order valence-electron chi connectivity index (χ4n) is 5.35. The summed E-state index contributed by atoms with van der Waals surface area (Å²) in [6, 6.07) is 14.9. The quantitative estimate of drug-likeness (QED) is 0.413. The molecule has 1 saturated heterocycles. The van der Waals surface area contributed by atoms with Crippen molar-refractivity contribution in [2.45, 2.75) is 51.0 Å². The van der Waals surface area contributed by atoms with E-state index in [0.29, 0.717) is 19.0 Å². The van der Waals surface area contributed by atoms with Crippen LogP contribution in [0, 0.1) is 0 Å². The Labute approximate surface area is 209 Å². The Hall–Kier alpha value is -2.99. The molecule has 2 atom stereocenters. The summed E-state index contributed by atoms with van der Waals surface area (Å²) in [7, 11) is 5.36. The molecule has 1 fully saturated rings. The van der Waals surface area contributed by atoms with Gasteiger partial charge in [0.05, 0.1) is 14.2 Å². The SMILES string of the molecule is COc1cc(OC)cc(C(CC(=O)NCCCN2CCCCC2C)c2cn(C)c3ccccc23)c1. The number of likely N-dealkylation sites (tertiary alicyclic amines) is 1. The average Bonchev–Trinajstić information content (AvgIpc) is 3.22. The summed E-state index contributed by atoms with van der Waals surface area (Å²) in [5.41, 5.74) is 3.30. The summed E-state index contributed by atoms with van der Waals surface area (Å²) < 4.78 is 13.2. The van der Waals surface area contributed by atoms with Gasteiger partial charge < -0.3 is 24.3 Å². The standard InChI is InChI=1S/C29H39N3O3/c1-21-10-7-8-14-32(21)15-9-13-30-29(33)19-26(22-16-23(34-3)18-24(17-22)35-4)27-20-31(2)28-12-6-5-11-25(27)28/h5-6,11-12,16-18,20-21,26H,7-10,13-15,19H2,1-4H3,(H,30,33). The Morgan fingerprint density at radius 1 is 1.11 bits per heavy atom. The molecule has 1 aliphatic rings. The van der Waals surface area contributed by atoms with E-state index in [1.165, 1.54) is 25.8 Å². The Kier molecular flexibility index (Phi) is 8.34. The lowest BCUT2D eigenvalue weighted by atomic mass is 9.87. The second kappa shape index (κ2) is 11.6. The number of ether oxygens (including phenoxy) is 2. The Morgan fingerprint density at radius 3 is 2.57 bits per heavy atom. The monoisotopic (exact) mass is 477 g/mol. The minimum absolute atomic E-state index is 0.0661. The Morgan fingerprint density at radius 2 is 1.86 bits per heavy atom. The first-order chi connectivity index (χ1) is 17.0. The van der Waals surface area contributed by atoms with Crippen molar-refractivity contribution in [3.63, 3.8) is 0 Å². The molecule has 0 bridgehead atoms. The maximum atomic E-state index is 13.2. The first-order valence-electron chi connectivity index (χ1n) is 12.8. The van der Waals surface area contributed by atoms with Crippen LogP contribution in [0.1, 0.15) is 56.1 Å². The lowest BCUT2D eigenvalue weighted by molar-refractivity contribution is -0.121. The van der Waals surface area contributed by atoms with Gasteiger partial charge >= 0.3 is 0 Å². The zero-order chi connectivity index (χ0) is 24.8. The maximum absolute atomic E-state index is 13.2. The molecule has 4 rings (SSSR count). The summed E-state index contributed by atoms with van der Waals surface area (Å²) >= 11 is 0. The van der Waals surface area contributed by atoms with Crippen molar-refractivity contribution in [3.05, 3.63) is 59.8 Å². The molecule has 1 aromatic heterocycles. The van der Waals surface area contributed by atoms with Crippen LogP contribution in [0.4, 0.5) is 0 Å². The van der Waals surface area contributed by atoms with Gasteiger partial charge in [-0.25, -0.2) is 0 Å². The number of carbonyl (C=O) groups excluding carboxylic acids is 1. The van der Waals surface area contributed by atoms with Crippen LogP contribution in [-0.2, 0) is 11.8 Å². The van der Waals surface area contributed by atoms with Crippen LogP contribution in [0.25, 0.3) is 10.9 Å². The Balaban J connectivity index is 1.53. The number of fused-ring (bicyclic) bond motifs is 1. The van der Waals surface area contributed by atoms with Gasteiger partial charge in [-0.05, 0) is 62.1 Å². The number of rotatable bonds is 10. The molecule has 0 aliphatic carbocycles. The van der Waals surface area contributed by atoms with E-state index in [-0.39, 0.29) is 11.8 Å². The fraction of sp³-hybridized carbons (Fsp3) is 0.483. The number of amides is 1. The summed E-state index contributed by atoms with van der Waals surface area (Å²) in [5, 5.41) is 4.35. The molecule has 0 spiro atoms. The van der Waals surface area contributed by atoms with E-state index in [2.05, 4.69) is 53.2 Å². The number of hydrogen-bond acceptors (Lipinski definition) is 4. The highest BCUT2D eigenvalue weighted by Crippen LogP contribution is 2.37. The minimum atomic E-state index is -0.118. The third kappa shape index (κ3) is 5.99. The molecule has 2 unspecified atom stereocenters. The van der Waals surface area contributed by atoms with E-state index in [0.717, 1.165) is 46.5 Å². The second-order valence-electron chi connectivity index (χ2n) is 9.70. The molecule has 1 aliphatic heterocycles. The average molecular weight is 478 g/mol. The third-order valence-corrected chi connectivity index (χ3v) is 7.35. The van der Waals surface area contributed by atoms with Gasteiger partial charge in [-0.3, -0.25) is 4.79 Å². The van der Waals surface area contributed by atoms with Crippen LogP contribution in [0.3, 0.4) is 0 Å². The van der Waals surface area contributed by atoms with Gasteiger partial charge in [0.1, 0.15) is 11.5 Å². The topological polar surface area (TPSA) is 55.7 Å². The molecule has 6 nitrogen and oxygen atoms in total. The van der Waals surface area contributed by atoms with E-state index in [4.69, 9.17) is 9.47 Å². The van der Waals surface area contributed by atoms with Crippen molar-refractivity contribution < 1.29 is 14.3 Å². The molecule has 1 N–H and O–H groups in total. The normalized spacial score (nSPS) is 17.3. The van der Waals surface area contributed by atoms with Gasteiger partial charge in [0.15, 0.2) is 0 Å². The molecule has 2 heterocycles. The van der Waals surface area contributed by atoms with Crippen LogP contribution in [0.2, 0.25) is 0 Å². The van der Waals surface area contributed by atoms with E-state index < -0.39 is 0 Å². The molecule has 2 aromatic carbocycles. The number of carbonyl (C=O) groups is 1. The van der Waals surface area contributed by atoms with Crippen molar-refractivity contribution in [2.75, 3.05) is 33.9 Å². The van der Waals surface area contributed by atoms with Crippen molar-refractivity contribution in [3.8, 4) is 11.5 Å². The number of aryl methyl sites for hydroxylation is 1. The number of methoxy groups -OCH3 is 2. The molecular formula is C29H39N3O3. The van der Waals surface area contributed by atoms with Gasteiger partial charge in [0.25, 0.3) is 0 Å². The van der Waals surface area contributed by atoms with Crippen molar-refractivity contribution in [1.82, 2.24) is 14.8 Å². The maximum Gasteiger partial charge on any atom is 0.220 e. The number of hydrogen-bond donors (Lipinski definition) is 1. The number of para-hydroxylation sites is 1. The van der Waals surface area contributed by atoms with Crippen LogP contribution in [0.15, 0.2) is 48.7 Å². The zero-order valence-electron chi connectivity index (χ0n) is 21.5. The van der Waals surface area contributed by atoms with Crippen molar-refractivity contribution in [2.24, 2.45) is 7.05 Å². The molecule has 0 radical (unpaired) electrons. The largest absolute Gasteiger partial charge is 0.497 e. The smallest absolute Gasteiger partial charge is 0.220 e. The molecule has 3 aromatic rings. The van der Waals surface area contributed by atoms with Crippen LogP contribution in [0.5, 0.6) is 11.5 Å². The summed E-state index contributed by atoms with van der Waals surface area (Å²) in [6.07, 6.45) is 7.38. The van der Waals surface area contributed by atoms with Crippen molar-refractivity contribution in [1.29, 1.82) is 0 Å². The van der Waals surface area contributed by atoms with Gasteiger partial charge in [0.2, 0.25) is 5.91 Å². The molecule has 188 valence electrons. The Bertz CT molecular complexity index is 1120. The van der Waals surface area contributed by atoms with Crippen LogP contribution < -0.4 is 14.8 Å². The van der Waals surface area contributed by atoms with Gasteiger partial charge in [-0.2, -0.15) is 0 Å². The van der Waals surface area contributed by atoms with Gasteiger partial charge in [-0.15, -0.1) is 0 Å². The van der Waals surface area contributed by atoms with Gasteiger partial charge in [0, 0.05) is 61.7 Å². The summed E-state index contributed by atoms with van der Waals surface area (Å²) in [4.78, 5) is 15.7. The second-order valence-corrected chi connectivity index (χ2v) is 9.70. The van der Waals surface area contributed by atoms with Crippen LogP contribution >= 0.6 is 0 Å². The predicted molar refractivity (Wildman–Crippen MR) is 141 cm³/mol. The lowest BCUT2D eigenvalue weighted by Gasteiger charge is -2.33. The van der Waals surface area contributed by atoms with E-state index in [1.54, 1.807) is 14.2 Å². The highest BCUT2D eigenvalue weighted by atomic mass is 16.5. The molecule has 35 heavy (non-hydrogen) atoms. The fourth-order valence-corrected chi connectivity index (χ4v) is 5.35. The molecule has 0 saturated carbocycles. The van der Waals surface area contributed by atoms with E-state index in [9.17, 15) is 4.79 Å². The lowest BCUT2D eigenvalue weighted by Crippen LogP contribution is -2.39. The predicted octanol–water partition coefficient (Wildman–Crippen LogP) is 5.10. The zero-order valence-corrected chi connectivity index (χ0v) is 21.5. The molecule has 6 heteroatoms. The first kappa shape index (κ1) is 25.1. The summed E-state index contributed by atoms with van der Waals surface area (Å²) in [6.45, 7) is 5.23. The molecule has 1 amide bonds. The van der Waals surface area contributed by atoms with E-state index >= 15 is 0 Å². The number of nitrogens with one attached hydrogen (secondary N) is 1. The first-order valence-corrected chi connectivity index (χ1v) is 12.8. The van der Waals surface area contributed by atoms with Crippen molar-refractivity contribution >= 4 is 16.8 Å². The minimum Gasteiger partial charge on any atom is -0.497 e. The third-order valence-electron chi connectivity index (χ3n) is 7.35. The van der Waals surface area contributed by atoms with Gasteiger partial charge in [-0.1, -0.05) is 24.6 Å². The number of nitrogens with zero attached hydrogens (tertiary/aromatic N) is 2. The highest BCUT2D eigenvalue weighted by molar-refractivity contribution is 5.86. The highest BCUT2D eigenvalue weighted by Gasteiger charge is 2.24. The number of piperidine rings is 1. The van der Waals surface area contributed by atoms with E-state index in [1.807, 2.05) is 24.3 Å². The number of aromatic nitrogens is 1. The summed E-state index contributed by atoms with van der Waals surface area (Å²) in [5.74, 6) is 1.39. The number of benzene rings is 2. The molecular weight excluding hydrogens is 438 g/mol. The van der Waals surface area contributed by atoms with Crippen LogP contribution in [-0.4, -0.2) is 55.3 Å².